The van der Waals surface area contributed by atoms with Crippen LogP contribution in [0.5, 0.6) is 11.6 Å². The highest BCUT2D eigenvalue weighted by atomic mass is 127. The standard InChI is InChI=1S/C21H28FN5O.HI/c1-23-21(24-11-14-27-12-3-2-4-13-27)26-16-17-5-10-20(25-15-17)28-19-8-6-18(22)7-9-19;/h5-10,15H,2-4,11-14,16H2,1H3,(H2,23,24,26);1H. The van der Waals surface area contributed by atoms with Crippen LogP contribution in [0.2, 0.25) is 0 Å². The van der Waals surface area contributed by atoms with Gasteiger partial charge in [-0.15, -0.1) is 24.0 Å². The Labute approximate surface area is 189 Å². The van der Waals surface area contributed by atoms with Crippen molar-refractivity contribution in [2.45, 2.75) is 25.8 Å². The average Bonchev–Trinajstić information content (AvgIpc) is 2.74. The van der Waals surface area contributed by atoms with Crippen LogP contribution < -0.4 is 15.4 Å². The van der Waals surface area contributed by atoms with Gasteiger partial charge in [0.2, 0.25) is 5.88 Å². The molecule has 1 saturated heterocycles. The maximum Gasteiger partial charge on any atom is 0.219 e. The van der Waals surface area contributed by atoms with Crippen molar-refractivity contribution < 1.29 is 9.13 Å². The van der Waals surface area contributed by atoms with Crippen molar-refractivity contribution in [1.82, 2.24) is 20.5 Å². The van der Waals surface area contributed by atoms with Gasteiger partial charge in [0.1, 0.15) is 11.6 Å². The average molecular weight is 513 g/mol. The zero-order chi connectivity index (χ0) is 19.6. The Bertz CT molecular complexity index is 749. The molecule has 0 aliphatic carbocycles. The second-order valence-corrected chi connectivity index (χ2v) is 6.82. The molecule has 1 fully saturated rings. The third-order valence-electron chi connectivity index (χ3n) is 4.69. The minimum atomic E-state index is -0.292. The quantitative estimate of drug-likeness (QED) is 0.335. The summed E-state index contributed by atoms with van der Waals surface area (Å²) in [5.41, 5.74) is 1.02. The molecule has 0 bridgehead atoms. The molecule has 0 atom stereocenters. The number of hydrogen-bond acceptors (Lipinski definition) is 4. The van der Waals surface area contributed by atoms with E-state index in [-0.39, 0.29) is 29.8 Å². The molecule has 2 heterocycles. The van der Waals surface area contributed by atoms with Crippen LogP contribution in [0.25, 0.3) is 0 Å². The molecule has 6 nitrogen and oxygen atoms in total. The summed E-state index contributed by atoms with van der Waals surface area (Å²) in [6.45, 7) is 4.94. The van der Waals surface area contributed by atoms with Gasteiger partial charge < -0.3 is 20.3 Å². The number of benzene rings is 1. The second kappa shape index (κ2) is 12.6. The molecule has 1 aliphatic rings. The summed E-state index contributed by atoms with van der Waals surface area (Å²) in [7, 11) is 1.77. The van der Waals surface area contributed by atoms with Crippen molar-refractivity contribution in [2.24, 2.45) is 4.99 Å². The normalized spacial score (nSPS) is 14.8. The van der Waals surface area contributed by atoms with E-state index in [2.05, 4.69) is 25.5 Å². The topological polar surface area (TPSA) is 61.8 Å². The van der Waals surface area contributed by atoms with E-state index in [1.54, 1.807) is 31.4 Å². The number of nitrogens with zero attached hydrogens (tertiary/aromatic N) is 3. The first-order valence-electron chi connectivity index (χ1n) is 9.78. The monoisotopic (exact) mass is 513 g/mol. The van der Waals surface area contributed by atoms with Gasteiger partial charge in [-0.2, -0.15) is 0 Å². The number of guanidine groups is 1. The van der Waals surface area contributed by atoms with E-state index in [0.717, 1.165) is 24.6 Å². The molecular weight excluding hydrogens is 484 g/mol. The number of ether oxygens (including phenoxy) is 1. The number of piperidine rings is 1. The number of nitrogens with one attached hydrogen (secondary N) is 2. The van der Waals surface area contributed by atoms with Crippen LogP contribution in [0.1, 0.15) is 24.8 Å². The summed E-state index contributed by atoms with van der Waals surface area (Å²) < 4.78 is 18.5. The lowest BCUT2D eigenvalue weighted by atomic mass is 10.1. The first kappa shape index (κ1) is 23.3. The summed E-state index contributed by atoms with van der Waals surface area (Å²) in [5, 5.41) is 6.65. The van der Waals surface area contributed by atoms with Crippen LogP contribution in [-0.2, 0) is 6.54 Å². The number of rotatable bonds is 7. The highest BCUT2D eigenvalue weighted by molar-refractivity contribution is 14.0. The van der Waals surface area contributed by atoms with Gasteiger partial charge in [-0.3, -0.25) is 4.99 Å². The number of likely N-dealkylation sites (tertiary alicyclic amines) is 1. The third kappa shape index (κ3) is 8.14. The smallest absolute Gasteiger partial charge is 0.219 e. The minimum Gasteiger partial charge on any atom is -0.439 e. The molecule has 3 rings (SSSR count). The van der Waals surface area contributed by atoms with Gasteiger partial charge in [0.25, 0.3) is 0 Å². The number of hydrogen-bond donors (Lipinski definition) is 2. The molecule has 0 saturated carbocycles. The Kier molecular flexibility index (Phi) is 10.1. The van der Waals surface area contributed by atoms with Crippen molar-refractivity contribution in [3.05, 3.63) is 54.0 Å². The van der Waals surface area contributed by atoms with Crippen molar-refractivity contribution in [3.63, 3.8) is 0 Å². The van der Waals surface area contributed by atoms with Crippen molar-refractivity contribution in [3.8, 4) is 11.6 Å². The molecule has 158 valence electrons. The van der Waals surface area contributed by atoms with Gasteiger partial charge in [0.15, 0.2) is 5.96 Å². The molecule has 0 radical (unpaired) electrons. The Balaban J connectivity index is 0.00000300. The van der Waals surface area contributed by atoms with E-state index >= 15 is 0 Å². The zero-order valence-electron chi connectivity index (χ0n) is 16.7. The molecule has 0 amide bonds. The Morgan fingerprint density at radius 1 is 1.10 bits per heavy atom. The highest BCUT2D eigenvalue weighted by Crippen LogP contribution is 2.19. The lowest BCUT2D eigenvalue weighted by Gasteiger charge is -2.26. The predicted octanol–water partition coefficient (Wildman–Crippen LogP) is 3.78. The first-order valence-corrected chi connectivity index (χ1v) is 9.78. The predicted molar refractivity (Wildman–Crippen MR) is 125 cm³/mol. The van der Waals surface area contributed by atoms with Crippen LogP contribution in [0.4, 0.5) is 4.39 Å². The van der Waals surface area contributed by atoms with E-state index in [9.17, 15) is 4.39 Å². The maximum absolute atomic E-state index is 12.9. The van der Waals surface area contributed by atoms with Crippen molar-refractivity contribution in [2.75, 3.05) is 33.2 Å². The summed E-state index contributed by atoms with van der Waals surface area (Å²) >= 11 is 0. The Morgan fingerprint density at radius 3 is 2.52 bits per heavy atom. The summed E-state index contributed by atoms with van der Waals surface area (Å²) in [5.74, 6) is 1.51. The lowest BCUT2D eigenvalue weighted by Crippen LogP contribution is -2.42. The molecule has 29 heavy (non-hydrogen) atoms. The van der Waals surface area contributed by atoms with Crippen LogP contribution in [0.3, 0.4) is 0 Å². The van der Waals surface area contributed by atoms with Crippen molar-refractivity contribution in [1.29, 1.82) is 0 Å². The van der Waals surface area contributed by atoms with E-state index < -0.39 is 0 Å². The molecule has 0 spiro atoms. The van der Waals surface area contributed by atoms with Crippen LogP contribution in [0, 0.1) is 5.82 Å². The molecule has 2 aromatic rings. The molecule has 2 N–H and O–H groups in total. The number of aliphatic imine (C=N–C) groups is 1. The molecule has 1 aliphatic heterocycles. The minimum absolute atomic E-state index is 0. The molecule has 0 unspecified atom stereocenters. The zero-order valence-corrected chi connectivity index (χ0v) is 19.1. The van der Waals surface area contributed by atoms with Gasteiger partial charge >= 0.3 is 0 Å². The fraction of sp³-hybridized carbons (Fsp3) is 0.429. The summed E-state index contributed by atoms with van der Waals surface area (Å²) in [6, 6.07) is 9.61. The van der Waals surface area contributed by atoms with Gasteiger partial charge in [-0.1, -0.05) is 12.5 Å². The van der Waals surface area contributed by atoms with Crippen LogP contribution in [-0.4, -0.2) is 49.1 Å². The maximum atomic E-state index is 12.9. The molecular formula is C21H29FIN5O. The SMILES string of the molecule is CN=C(NCCN1CCCCC1)NCc1ccc(Oc2ccc(F)cc2)nc1.I. The van der Waals surface area contributed by atoms with Crippen LogP contribution >= 0.6 is 24.0 Å². The van der Waals surface area contributed by atoms with E-state index in [4.69, 9.17) is 4.74 Å². The second-order valence-electron chi connectivity index (χ2n) is 6.82. The number of pyridine rings is 1. The molecule has 1 aromatic heterocycles. The third-order valence-corrected chi connectivity index (χ3v) is 4.69. The fourth-order valence-electron chi connectivity index (χ4n) is 3.12. The largest absolute Gasteiger partial charge is 0.439 e. The van der Waals surface area contributed by atoms with Crippen molar-refractivity contribution >= 4 is 29.9 Å². The Hall–Kier alpha value is -1.94. The first-order chi connectivity index (χ1) is 13.7. The lowest BCUT2D eigenvalue weighted by molar-refractivity contribution is 0.232. The van der Waals surface area contributed by atoms with Gasteiger partial charge in [0, 0.05) is 38.9 Å². The van der Waals surface area contributed by atoms with E-state index in [0.29, 0.717) is 18.2 Å². The number of halogens is 2. The van der Waals surface area contributed by atoms with Gasteiger partial charge in [0.05, 0.1) is 0 Å². The van der Waals surface area contributed by atoms with Gasteiger partial charge in [-0.25, -0.2) is 9.37 Å². The van der Waals surface area contributed by atoms with E-state index in [1.165, 1.54) is 44.5 Å². The highest BCUT2D eigenvalue weighted by Gasteiger charge is 2.09. The van der Waals surface area contributed by atoms with Gasteiger partial charge in [-0.05, 0) is 55.8 Å². The Morgan fingerprint density at radius 2 is 1.86 bits per heavy atom. The summed E-state index contributed by atoms with van der Waals surface area (Å²) in [6.07, 6.45) is 5.73. The number of aromatic nitrogens is 1. The van der Waals surface area contributed by atoms with Crippen LogP contribution in [0.15, 0.2) is 47.6 Å². The fourth-order valence-corrected chi connectivity index (χ4v) is 3.12. The summed E-state index contributed by atoms with van der Waals surface area (Å²) in [4.78, 5) is 11.1. The van der Waals surface area contributed by atoms with E-state index in [1.807, 2.05) is 6.07 Å². The molecule has 8 heteroatoms. The molecule has 1 aromatic carbocycles.